The first-order valence-corrected chi connectivity index (χ1v) is 10.1. The van der Waals surface area contributed by atoms with E-state index in [9.17, 15) is 18.8 Å². The number of hydrogen-bond donors (Lipinski definition) is 3. The second-order valence-electron chi connectivity index (χ2n) is 8.44. The third-order valence-corrected chi connectivity index (χ3v) is 4.81. The van der Waals surface area contributed by atoms with Crippen molar-refractivity contribution in [2.24, 2.45) is 0 Å². The summed E-state index contributed by atoms with van der Waals surface area (Å²) in [5, 5.41) is 14.7. The summed E-state index contributed by atoms with van der Waals surface area (Å²) in [5.41, 5.74) is 0.375. The normalized spacial score (nSPS) is 19.0. The molecule has 1 saturated heterocycles. The van der Waals surface area contributed by atoms with E-state index in [4.69, 9.17) is 9.84 Å². The third kappa shape index (κ3) is 5.52. The largest absolute Gasteiger partial charge is 0.444 e. The van der Waals surface area contributed by atoms with Crippen molar-refractivity contribution in [3.8, 4) is 0 Å². The van der Waals surface area contributed by atoms with E-state index in [0.717, 1.165) is 11.0 Å². The molecular weight excluding hydrogens is 407 g/mol. The summed E-state index contributed by atoms with van der Waals surface area (Å²) in [6, 6.07) is 3.99. The molecule has 3 rings (SSSR count). The molecule has 0 spiro atoms. The standard InChI is InChI=1S/C21H27FN4O5/c1-21(2,3)31-20(30)23-14-6-7-25(12-14)17-5-4-13(22)10-15(17)24-16-11-18(28)26(8-9-27)19(16)29/h4-5,10-11,14,24,27H,6-9,12H2,1-3H3,(H,23,30). The number of hydrogen-bond acceptors (Lipinski definition) is 7. The monoisotopic (exact) mass is 434 g/mol. The Labute approximate surface area is 179 Å². The van der Waals surface area contributed by atoms with Crippen LogP contribution in [0.3, 0.4) is 0 Å². The van der Waals surface area contributed by atoms with Crippen LogP contribution >= 0.6 is 0 Å². The molecule has 168 valence electrons. The lowest BCUT2D eigenvalue weighted by Crippen LogP contribution is -2.40. The molecule has 1 atom stereocenters. The van der Waals surface area contributed by atoms with E-state index >= 15 is 0 Å². The summed E-state index contributed by atoms with van der Waals surface area (Å²) in [5.74, 6) is -1.62. The zero-order valence-corrected chi connectivity index (χ0v) is 17.8. The fraction of sp³-hybridized carbons (Fsp3) is 0.476. The Kier molecular flexibility index (Phi) is 6.49. The molecular formula is C21H27FN4O5. The highest BCUT2D eigenvalue weighted by atomic mass is 19.1. The summed E-state index contributed by atoms with van der Waals surface area (Å²) in [4.78, 5) is 39.3. The first kappa shape index (κ1) is 22.5. The number of carbonyl (C=O) groups excluding carboxylic acids is 3. The van der Waals surface area contributed by atoms with Crippen LogP contribution in [0, 0.1) is 5.82 Å². The van der Waals surface area contributed by atoms with Crippen LogP contribution in [0.4, 0.5) is 20.6 Å². The van der Waals surface area contributed by atoms with Gasteiger partial charge in [-0.3, -0.25) is 14.5 Å². The van der Waals surface area contributed by atoms with Crippen molar-refractivity contribution < 1.29 is 28.6 Å². The molecule has 1 aromatic carbocycles. The number of β-amino-alcohol motifs (C(OH)–C–C–N with tert-alkyl or cyclic N) is 1. The van der Waals surface area contributed by atoms with Crippen LogP contribution in [-0.4, -0.2) is 65.8 Å². The number of halogens is 1. The van der Waals surface area contributed by atoms with Gasteiger partial charge in [-0.05, 0) is 45.4 Å². The van der Waals surface area contributed by atoms with Crippen molar-refractivity contribution in [2.75, 3.05) is 36.5 Å². The van der Waals surface area contributed by atoms with Gasteiger partial charge in [0.25, 0.3) is 11.8 Å². The van der Waals surface area contributed by atoms with Crippen LogP contribution in [0.2, 0.25) is 0 Å². The van der Waals surface area contributed by atoms with Gasteiger partial charge in [0.05, 0.1) is 30.6 Å². The van der Waals surface area contributed by atoms with Crippen molar-refractivity contribution in [1.82, 2.24) is 10.2 Å². The van der Waals surface area contributed by atoms with Gasteiger partial charge in [-0.15, -0.1) is 0 Å². The topological polar surface area (TPSA) is 111 Å². The molecule has 1 aromatic rings. The van der Waals surface area contributed by atoms with Crippen LogP contribution in [0.1, 0.15) is 27.2 Å². The molecule has 0 aromatic heterocycles. The number of carbonyl (C=O) groups is 3. The fourth-order valence-corrected chi connectivity index (χ4v) is 3.51. The average Bonchev–Trinajstić information content (AvgIpc) is 3.20. The van der Waals surface area contributed by atoms with Crippen molar-refractivity contribution in [1.29, 1.82) is 0 Å². The molecule has 0 bridgehead atoms. The highest BCUT2D eigenvalue weighted by molar-refractivity contribution is 6.17. The van der Waals surface area contributed by atoms with E-state index in [0.29, 0.717) is 30.9 Å². The molecule has 3 N–H and O–H groups in total. The Morgan fingerprint density at radius 3 is 2.74 bits per heavy atom. The van der Waals surface area contributed by atoms with Gasteiger partial charge in [0.2, 0.25) is 0 Å². The van der Waals surface area contributed by atoms with Crippen molar-refractivity contribution in [2.45, 2.75) is 38.8 Å². The number of anilines is 2. The number of aliphatic hydroxyl groups is 1. The van der Waals surface area contributed by atoms with E-state index < -0.39 is 29.3 Å². The minimum absolute atomic E-state index is 0.00734. The number of nitrogens with one attached hydrogen (secondary N) is 2. The van der Waals surface area contributed by atoms with Gasteiger partial charge in [0.15, 0.2) is 0 Å². The molecule has 2 aliphatic rings. The van der Waals surface area contributed by atoms with Crippen LogP contribution in [-0.2, 0) is 14.3 Å². The number of alkyl carbamates (subject to hydrolysis) is 1. The minimum Gasteiger partial charge on any atom is -0.444 e. The van der Waals surface area contributed by atoms with E-state index in [-0.39, 0.29) is 24.9 Å². The fourth-order valence-electron chi connectivity index (χ4n) is 3.51. The van der Waals surface area contributed by atoms with Gasteiger partial charge in [0, 0.05) is 19.2 Å². The molecule has 0 saturated carbocycles. The molecule has 0 aliphatic carbocycles. The average molecular weight is 434 g/mol. The molecule has 2 aliphatic heterocycles. The number of aliphatic hydroxyl groups excluding tert-OH is 1. The Bertz CT molecular complexity index is 912. The second-order valence-corrected chi connectivity index (χ2v) is 8.44. The van der Waals surface area contributed by atoms with E-state index in [1.54, 1.807) is 26.8 Å². The zero-order valence-electron chi connectivity index (χ0n) is 17.8. The molecule has 3 amide bonds. The number of nitrogens with zero attached hydrogens (tertiary/aromatic N) is 2. The molecule has 10 heteroatoms. The predicted octanol–water partition coefficient (Wildman–Crippen LogP) is 1.59. The van der Waals surface area contributed by atoms with Crippen LogP contribution in [0.5, 0.6) is 0 Å². The van der Waals surface area contributed by atoms with Gasteiger partial charge in [-0.2, -0.15) is 0 Å². The Balaban J connectivity index is 1.71. The van der Waals surface area contributed by atoms with Gasteiger partial charge in [0.1, 0.15) is 17.1 Å². The Hall–Kier alpha value is -3.14. The van der Waals surface area contributed by atoms with Crippen LogP contribution in [0.25, 0.3) is 0 Å². The predicted molar refractivity (Wildman–Crippen MR) is 112 cm³/mol. The Morgan fingerprint density at radius 1 is 1.32 bits per heavy atom. The van der Waals surface area contributed by atoms with Crippen molar-refractivity contribution >= 4 is 29.3 Å². The minimum atomic E-state index is -0.598. The van der Waals surface area contributed by atoms with E-state index in [2.05, 4.69) is 10.6 Å². The summed E-state index contributed by atoms with van der Waals surface area (Å²) in [7, 11) is 0. The van der Waals surface area contributed by atoms with Crippen molar-refractivity contribution in [3.05, 3.63) is 35.8 Å². The summed E-state index contributed by atoms with van der Waals surface area (Å²) in [6.07, 6.45) is 1.30. The summed E-state index contributed by atoms with van der Waals surface area (Å²) in [6.45, 7) is 5.98. The van der Waals surface area contributed by atoms with Crippen LogP contribution < -0.4 is 15.5 Å². The maximum Gasteiger partial charge on any atom is 0.407 e. The molecule has 31 heavy (non-hydrogen) atoms. The maximum absolute atomic E-state index is 13.9. The first-order chi connectivity index (χ1) is 14.6. The maximum atomic E-state index is 13.9. The second kappa shape index (κ2) is 8.93. The van der Waals surface area contributed by atoms with Crippen LogP contribution in [0.15, 0.2) is 30.0 Å². The highest BCUT2D eigenvalue weighted by Gasteiger charge is 2.32. The lowest BCUT2D eigenvalue weighted by molar-refractivity contribution is -0.137. The summed E-state index contributed by atoms with van der Waals surface area (Å²) < 4.78 is 19.2. The van der Waals surface area contributed by atoms with Gasteiger partial charge >= 0.3 is 6.09 Å². The molecule has 9 nitrogen and oxygen atoms in total. The van der Waals surface area contributed by atoms with Crippen molar-refractivity contribution in [3.63, 3.8) is 0 Å². The number of imide groups is 1. The van der Waals surface area contributed by atoms with Gasteiger partial charge in [-0.1, -0.05) is 0 Å². The quantitative estimate of drug-likeness (QED) is 0.583. The lowest BCUT2D eigenvalue weighted by Gasteiger charge is -2.24. The molecule has 1 unspecified atom stereocenters. The molecule has 0 radical (unpaired) electrons. The Morgan fingerprint density at radius 2 is 2.06 bits per heavy atom. The molecule has 2 heterocycles. The number of ether oxygens (including phenoxy) is 1. The summed E-state index contributed by atoms with van der Waals surface area (Å²) >= 11 is 0. The lowest BCUT2D eigenvalue weighted by atomic mass is 10.2. The number of rotatable bonds is 6. The van der Waals surface area contributed by atoms with E-state index in [1.807, 2.05) is 4.90 Å². The smallest absolute Gasteiger partial charge is 0.407 e. The van der Waals surface area contributed by atoms with E-state index in [1.165, 1.54) is 12.1 Å². The number of amides is 3. The SMILES string of the molecule is CC(C)(C)OC(=O)NC1CCN(c2ccc(F)cc2NC2=CC(=O)N(CCO)C2=O)C1. The highest BCUT2D eigenvalue weighted by Crippen LogP contribution is 2.31. The molecule has 1 fully saturated rings. The zero-order chi connectivity index (χ0) is 22.8. The third-order valence-electron chi connectivity index (χ3n) is 4.81. The first-order valence-electron chi connectivity index (χ1n) is 10.1. The van der Waals surface area contributed by atoms with Gasteiger partial charge < -0.3 is 25.4 Å². The number of benzene rings is 1. The van der Waals surface area contributed by atoms with Gasteiger partial charge in [-0.25, -0.2) is 9.18 Å².